The molecular formula is C18H30. The van der Waals surface area contributed by atoms with E-state index >= 15 is 0 Å². The second-order valence-electron chi connectivity index (χ2n) is 8.06. The van der Waals surface area contributed by atoms with Crippen molar-refractivity contribution >= 4 is 0 Å². The number of hydrogen-bond acceptors (Lipinski definition) is 0. The lowest BCUT2D eigenvalue weighted by molar-refractivity contribution is 0.0315. The van der Waals surface area contributed by atoms with Gasteiger partial charge in [-0.15, -0.1) is 0 Å². The molecule has 0 nitrogen and oxygen atoms in total. The molecule has 4 fully saturated rings. The summed E-state index contributed by atoms with van der Waals surface area (Å²) in [5.41, 5.74) is 0. The Morgan fingerprint density at radius 1 is 0.889 bits per heavy atom. The van der Waals surface area contributed by atoms with Crippen LogP contribution in [-0.4, -0.2) is 0 Å². The van der Waals surface area contributed by atoms with Gasteiger partial charge in [-0.2, -0.15) is 0 Å². The minimum absolute atomic E-state index is 1.04. The minimum atomic E-state index is 1.04. The van der Waals surface area contributed by atoms with Crippen LogP contribution >= 0.6 is 0 Å². The Bertz CT molecular complexity index is 329. The van der Waals surface area contributed by atoms with Gasteiger partial charge < -0.3 is 0 Å². The molecule has 0 aromatic heterocycles. The summed E-state index contributed by atoms with van der Waals surface area (Å²) < 4.78 is 0. The summed E-state index contributed by atoms with van der Waals surface area (Å²) in [7, 11) is 0. The highest BCUT2D eigenvalue weighted by atomic mass is 14.7. The summed E-state index contributed by atoms with van der Waals surface area (Å²) in [6.07, 6.45) is 9.31. The lowest BCUT2D eigenvalue weighted by Crippen LogP contribution is -2.39. The second-order valence-corrected chi connectivity index (χ2v) is 8.06. The summed E-state index contributed by atoms with van der Waals surface area (Å²) in [5, 5.41) is 0. The Morgan fingerprint density at radius 3 is 2.11 bits per heavy atom. The quantitative estimate of drug-likeness (QED) is 0.616. The third-order valence-corrected chi connectivity index (χ3v) is 7.95. The van der Waals surface area contributed by atoms with E-state index in [1.54, 1.807) is 25.7 Å². The van der Waals surface area contributed by atoms with Crippen molar-refractivity contribution in [2.24, 2.45) is 53.3 Å². The Kier molecular flexibility index (Phi) is 2.62. The summed E-state index contributed by atoms with van der Waals surface area (Å²) in [4.78, 5) is 0. The fourth-order valence-electron chi connectivity index (χ4n) is 7.55. The third-order valence-electron chi connectivity index (χ3n) is 7.95. The summed E-state index contributed by atoms with van der Waals surface area (Å²) in [5.74, 6) is 10.2. The topological polar surface area (TPSA) is 0 Å². The van der Waals surface area contributed by atoms with E-state index in [-0.39, 0.29) is 0 Å². The Hall–Kier alpha value is 0. The monoisotopic (exact) mass is 246 g/mol. The molecule has 4 bridgehead atoms. The molecule has 0 saturated heterocycles. The lowest BCUT2D eigenvalue weighted by Gasteiger charge is -2.45. The summed E-state index contributed by atoms with van der Waals surface area (Å²) in [6.45, 7) is 7.49. The number of hydrogen-bond donors (Lipinski definition) is 0. The van der Waals surface area contributed by atoms with E-state index in [1.165, 1.54) is 36.5 Å². The molecule has 0 radical (unpaired) electrons. The van der Waals surface area contributed by atoms with Gasteiger partial charge in [0.1, 0.15) is 0 Å². The van der Waals surface area contributed by atoms with Crippen molar-refractivity contribution in [2.75, 3.05) is 0 Å². The van der Waals surface area contributed by atoms with Gasteiger partial charge in [0.2, 0.25) is 0 Å². The standard InChI is InChI=1S/C18H30/c1-4-11(5-2)16-10(3)14-9-15(16)18-13-7-6-12(8-13)17(14)18/h10-18H,4-9H2,1-3H3. The van der Waals surface area contributed by atoms with Crippen LogP contribution in [0.1, 0.15) is 59.3 Å². The van der Waals surface area contributed by atoms with Crippen molar-refractivity contribution in [1.82, 2.24) is 0 Å². The summed E-state index contributed by atoms with van der Waals surface area (Å²) in [6, 6.07) is 0. The van der Waals surface area contributed by atoms with Gasteiger partial charge in [-0.05, 0) is 78.9 Å². The highest BCUT2D eigenvalue weighted by Gasteiger charge is 2.64. The normalized spacial score (nSPS) is 56.7. The maximum Gasteiger partial charge on any atom is -0.0321 e. The van der Waals surface area contributed by atoms with E-state index in [9.17, 15) is 0 Å². The minimum Gasteiger partial charge on any atom is -0.0651 e. The Balaban J connectivity index is 1.63. The molecule has 4 aliphatic carbocycles. The highest BCUT2D eigenvalue weighted by Crippen LogP contribution is 2.71. The molecule has 18 heavy (non-hydrogen) atoms. The van der Waals surface area contributed by atoms with Crippen molar-refractivity contribution in [2.45, 2.75) is 59.3 Å². The molecule has 0 N–H and O–H groups in total. The van der Waals surface area contributed by atoms with E-state index < -0.39 is 0 Å². The smallest absolute Gasteiger partial charge is 0.0321 e. The van der Waals surface area contributed by atoms with Crippen LogP contribution in [0.3, 0.4) is 0 Å². The van der Waals surface area contributed by atoms with E-state index in [2.05, 4.69) is 20.8 Å². The van der Waals surface area contributed by atoms with Crippen LogP contribution < -0.4 is 0 Å². The summed E-state index contributed by atoms with van der Waals surface area (Å²) >= 11 is 0. The van der Waals surface area contributed by atoms with E-state index in [0.29, 0.717) is 0 Å². The van der Waals surface area contributed by atoms with E-state index in [4.69, 9.17) is 0 Å². The van der Waals surface area contributed by atoms with Crippen molar-refractivity contribution in [3.8, 4) is 0 Å². The molecule has 0 amide bonds. The van der Waals surface area contributed by atoms with E-state index in [0.717, 1.165) is 29.6 Å². The van der Waals surface area contributed by atoms with Crippen molar-refractivity contribution < 1.29 is 0 Å². The molecule has 4 rings (SSSR count). The average molecular weight is 246 g/mol. The van der Waals surface area contributed by atoms with Gasteiger partial charge in [0.25, 0.3) is 0 Å². The first-order chi connectivity index (χ1) is 8.76. The first kappa shape index (κ1) is 11.8. The lowest BCUT2D eigenvalue weighted by atomic mass is 9.60. The molecule has 0 aromatic rings. The van der Waals surface area contributed by atoms with Crippen molar-refractivity contribution in [3.63, 3.8) is 0 Å². The molecule has 0 heteroatoms. The molecule has 0 spiro atoms. The molecule has 0 heterocycles. The highest BCUT2D eigenvalue weighted by molar-refractivity contribution is 5.13. The van der Waals surface area contributed by atoms with Crippen LogP contribution in [0.2, 0.25) is 0 Å². The maximum atomic E-state index is 2.62. The van der Waals surface area contributed by atoms with Gasteiger partial charge in [0.05, 0.1) is 0 Å². The van der Waals surface area contributed by atoms with Gasteiger partial charge in [0.15, 0.2) is 0 Å². The van der Waals surface area contributed by atoms with Gasteiger partial charge in [-0.1, -0.05) is 33.6 Å². The average Bonchev–Trinajstić information content (AvgIpc) is 3.09. The van der Waals surface area contributed by atoms with Gasteiger partial charge in [-0.25, -0.2) is 0 Å². The van der Waals surface area contributed by atoms with Crippen molar-refractivity contribution in [1.29, 1.82) is 0 Å². The molecule has 0 aliphatic heterocycles. The molecular weight excluding hydrogens is 216 g/mol. The molecule has 102 valence electrons. The Labute approximate surface area is 113 Å². The first-order valence-electron chi connectivity index (χ1n) is 8.76. The molecule has 4 saturated carbocycles. The van der Waals surface area contributed by atoms with Crippen LogP contribution in [-0.2, 0) is 0 Å². The molecule has 4 aliphatic rings. The van der Waals surface area contributed by atoms with E-state index in [1.807, 2.05) is 0 Å². The van der Waals surface area contributed by atoms with Crippen molar-refractivity contribution in [3.05, 3.63) is 0 Å². The zero-order valence-electron chi connectivity index (χ0n) is 12.4. The van der Waals surface area contributed by atoms with Gasteiger partial charge >= 0.3 is 0 Å². The number of rotatable bonds is 3. The van der Waals surface area contributed by atoms with Crippen LogP contribution in [0.15, 0.2) is 0 Å². The fourth-order valence-corrected chi connectivity index (χ4v) is 7.55. The predicted molar refractivity (Wildman–Crippen MR) is 76.1 cm³/mol. The zero-order chi connectivity index (χ0) is 12.4. The van der Waals surface area contributed by atoms with Gasteiger partial charge in [0, 0.05) is 0 Å². The molecule has 8 atom stereocenters. The van der Waals surface area contributed by atoms with Crippen LogP contribution in [0, 0.1) is 53.3 Å². The number of fused-ring (bicyclic) bond motifs is 9. The maximum absolute atomic E-state index is 2.62. The predicted octanol–water partition coefficient (Wildman–Crippen LogP) is 4.99. The van der Waals surface area contributed by atoms with Crippen LogP contribution in [0.25, 0.3) is 0 Å². The largest absolute Gasteiger partial charge is 0.0651 e. The second kappa shape index (κ2) is 4.00. The third kappa shape index (κ3) is 1.28. The van der Waals surface area contributed by atoms with Gasteiger partial charge in [-0.3, -0.25) is 0 Å². The van der Waals surface area contributed by atoms with Crippen LogP contribution in [0.4, 0.5) is 0 Å². The van der Waals surface area contributed by atoms with Crippen LogP contribution in [0.5, 0.6) is 0 Å². The molecule has 0 aromatic carbocycles. The Morgan fingerprint density at radius 2 is 1.50 bits per heavy atom. The zero-order valence-corrected chi connectivity index (χ0v) is 12.4. The first-order valence-corrected chi connectivity index (χ1v) is 8.76. The molecule has 8 unspecified atom stereocenters. The fraction of sp³-hybridized carbons (Fsp3) is 1.00. The SMILES string of the molecule is CCC(CC)C1C(C)C2CC1C1C3CCC(C3)C21.